The van der Waals surface area contributed by atoms with Crippen molar-refractivity contribution in [2.24, 2.45) is 0 Å². The summed E-state index contributed by atoms with van der Waals surface area (Å²) >= 11 is 5.88. The summed E-state index contributed by atoms with van der Waals surface area (Å²) in [5.74, 6) is -0.168. The third-order valence-electron chi connectivity index (χ3n) is 1.59. The zero-order chi connectivity index (χ0) is 11.1. The van der Waals surface area contributed by atoms with Gasteiger partial charge in [0, 0.05) is 0 Å². The van der Waals surface area contributed by atoms with Crippen LogP contribution in [-0.4, -0.2) is 4.98 Å². The summed E-state index contributed by atoms with van der Waals surface area (Å²) < 4.78 is 37.4. The highest BCUT2D eigenvalue weighted by molar-refractivity contribution is 9.11. The second-order valence-corrected chi connectivity index (χ2v) is 4.18. The Morgan fingerprint density at radius 1 is 1.21 bits per heavy atom. The fourth-order valence-corrected chi connectivity index (χ4v) is 1.94. The van der Waals surface area contributed by atoms with Crippen molar-refractivity contribution in [3.05, 3.63) is 20.2 Å². The van der Waals surface area contributed by atoms with Crippen molar-refractivity contribution in [2.75, 3.05) is 5.73 Å². The smallest absolute Gasteiger partial charge is 0.383 e. The van der Waals surface area contributed by atoms with Crippen LogP contribution in [0.4, 0.5) is 19.0 Å². The number of aromatic nitrogens is 1. The van der Waals surface area contributed by atoms with Gasteiger partial charge in [0.05, 0.1) is 8.95 Å². The van der Waals surface area contributed by atoms with Gasteiger partial charge in [-0.05, 0) is 44.3 Å². The number of alkyl halides is 3. The van der Waals surface area contributed by atoms with Crippen molar-refractivity contribution >= 4 is 37.7 Å². The molecule has 0 saturated heterocycles. The molecule has 1 aromatic heterocycles. The number of halogens is 5. The summed E-state index contributed by atoms with van der Waals surface area (Å²) in [7, 11) is 0. The van der Waals surface area contributed by atoms with Gasteiger partial charge < -0.3 is 5.73 Å². The fraction of sp³-hybridized carbons (Fsp3) is 0.286. The second kappa shape index (κ2) is 3.69. The molecule has 0 saturated carbocycles. The first kappa shape index (κ1) is 11.8. The van der Waals surface area contributed by atoms with Crippen LogP contribution in [0.15, 0.2) is 8.95 Å². The molecule has 78 valence electrons. The molecule has 7 heteroatoms. The maximum atomic E-state index is 12.4. The lowest BCUT2D eigenvalue weighted by Crippen LogP contribution is -2.12. The minimum absolute atomic E-state index is 0.0916. The molecule has 0 aliphatic carbocycles. The lowest BCUT2D eigenvalue weighted by atomic mass is 10.2. The second-order valence-electron chi connectivity index (χ2n) is 2.60. The molecule has 0 unspecified atom stereocenters. The Bertz CT molecular complexity index is 376. The molecule has 2 nitrogen and oxygen atoms in total. The highest BCUT2D eigenvalue weighted by atomic mass is 79.9. The maximum Gasteiger partial charge on any atom is 0.434 e. The third-order valence-corrected chi connectivity index (χ3v) is 3.56. The van der Waals surface area contributed by atoms with Crippen molar-refractivity contribution in [2.45, 2.75) is 13.1 Å². The molecule has 0 bridgehead atoms. The Labute approximate surface area is 95.0 Å². The highest BCUT2D eigenvalue weighted by Crippen LogP contribution is 2.38. The Kier molecular flexibility index (Phi) is 3.10. The first-order valence-corrected chi connectivity index (χ1v) is 5.02. The maximum absolute atomic E-state index is 12.4. The van der Waals surface area contributed by atoms with Crippen molar-refractivity contribution in [1.29, 1.82) is 0 Å². The number of anilines is 1. The van der Waals surface area contributed by atoms with Gasteiger partial charge in [-0.15, -0.1) is 0 Å². The standard InChI is InChI=1S/C7H5Br2F3N2/c1-2-3(8)5(7(10,11)12)14-6(13)4(2)9/h1H3,(H2,13,14). The molecule has 14 heavy (non-hydrogen) atoms. The van der Waals surface area contributed by atoms with Crippen LogP contribution in [0.1, 0.15) is 11.3 Å². The van der Waals surface area contributed by atoms with Crippen LogP contribution in [0.3, 0.4) is 0 Å². The molecular weight excluding hydrogens is 329 g/mol. The molecule has 0 aliphatic rings. The van der Waals surface area contributed by atoms with E-state index < -0.39 is 11.9 Å². The molecule has 0 aliphatic heterocycles. The van der Waals surface area contributed by atoms with E-state index >= 15 is 0 Å². The minimum Gasteiger partial charge on any atom is -0.383 e. The molecular formula is C7H5Br2F3N2. The molecule has 0 spiro atoms. The zero-order valence-corrected chi connectivity index (χ0v) is 10.1. The van der Waals surface area contributed by atoms with E-state index in [9.17, 15) is 13.2 Å². The number of pyridine rings is 1. The highest BCUT2D eigenvalue weighted by Gasteiger charge is 2.36. The molecule has 0 amide bonds. The Morgan fingerprint density at radius 3 is 2.14 bits per heavy atom. The van der Waals surface area contributed by atoms with Crippen molar-refractivity contribution in [3.63, 3.8) is 0 Å². The van der Waals surface area contributed by atoms with Crippen LogP contribution in [0.5, 0.6) is 0 Å². The average Bonchev–Trinajstić information content (AvgIpc) is 2.06. The Morgan fingerprint density at radius 2 is 1.71 bits per heavy atom. The van der Waals surface area contributed by atoms with E-state index in [-0.39, 0.29) is 10.3 Å². The summed E-state index contributed by atoms with van der Waals surface area (Å²) in [6.07, 6.45) is -4.50. The van der Waals surface area contributed by atoms with Gasteiger partial charge in [0.15, 0.2) is 5.69 Å². The first-order valence-electron chi connectivity index (χ1n) is 3.43. The quantitative estimate of drug-likeness (QED) is 0.789. The largest absolute Gasteiger partial charge is 0.434 e. The molecule has 0 radical (unpaired) electrons. The fourth-order valence-electron chi connectivity index (χ4n) is 0.872. The van der Waals surface area contributed by atoms with Crippen LogP contribution in [0.25, 0.3) is 0 Å². The SMILES string of the molecule is Cc1c(Br)c(N)nc(C(F)(F)F)c1Br. The van der Waals surface area contributed by atoms with Gasteiger partial charge >= 0.3 is 6.18 Å². The predicted molar refractivity (Wildman–Crippen MR) is 53.8 cm³/mol. The van der Waals surface area contributed by atoms with Crippen molar-refractivity contribution in [3.8, 4) is 0 Å². The summed E-state index contributed by atoms with van der Waals surface area (Å²) in [6, 6.07) is 0. The summed E-state index contributed by atoms with van der Waals surface area (Å²) in [6.45, 7) is 1.52. The summed E-state index contributed by atoms with van der Waals surface area (Å²) in [4.78, 5) is 3.26. The van der Waals surface area contributed by atoms with Gasteiger partial charge in [-0.1, -0.05) is 0 Å². The van der Waals surface area contributed by atoms with Crippen LogP contribution in [-0.2, 0) is 6.18 Å². The minimum atomic E-state index is -4.50. The molecule has 1 heterocycles. The van der Waals surface area contributed by atoms with Crippen LogP contribution >= 0.6 is 31.9 Å². The van der Waals surface area contributed by atoms with Gasteiger partial charge in [-0.2, -0.15) is 13.2 Å². The van der Waals surface area contributed by atoms with Gasteiger partial charge in [0.2, 0.25) is 0 Å². The lowest BCUT2D eigenvalue weighted by molar-refractivity contribution is -0.141. The van der Waals surface area contributed by atoms with Crippen molar-refractivity contribution in [1.82, 2.24) is 4.98 Å². The molecule has 0 atom stereocenters. The van der Waals surface area contributed by atoms with E-state index in [4.69, 9.17) is 5.73 Å². The summed E-state index contributed by atoms with van der Waals surface area (Å²) in [5.41, 5.74) is 4.68. The first-order chi connectivity index (χ1) is 6.25. The molecule has 2 N–H and O–H groups in total. The molecule has 0 fully saturated rings. The van der Waals surface area contributed by atoms with E-state index in [1.807, 2.05) is 0 Å². The number of hydrogen-bond donors (Lipinski definition) is 1. The number of nitrogens with two attached hydrogens (primary N) is 1. The van der Waals surface area contributed by atoms with Crippen LogP contribution in [0, 0.1) is 6.92 Å². The van der Waals surface area contributed by atoms with E-state index in [2.05, 4.69) is 36.8 Å². The summed E-state index contributed by atoms with van der Waals surface area (Å²) in [5, 5.41) is 0. The van der Waals surface area contributed by atoms with Gasteiger partial charge in [-0.3, -0.25) is 0 Å². The third kappa shape index (κ3) is 2.03. The number of rotatable bonds is 0. The predicted octanol–water partition coefficient (Wildman–Crippen LogP) is 3.52. The normalized spacial score (nSPS) is 11.9. The van der Waals surface area contributed by atoms with Crippen LogP contribution < -0.4 is 5.73 Å². The number of nitrogens with zero attached hydrogens (tertiary/aromatic N) is 1. The van der Waals surface area contributed by atoms with Crippen molar-refractivity contribution < 1.29 is 13.2 Å². The topological polar surface area (TPSA) is 38.9 Å². The monoisotopic (exact) mass is 332 g/mol. The van der Waals surface area contributed by atoms with Crippen LogP contribution in [0.2, 0.25) is 0 Å². The average molecular weight is 334 g/mol. The Balaban J connectivity index is 3.49. The van der Waals surface area contributed by atoms with Gasteiger partial charge in [0.1, 0.15) is 5.82 Å². The van der Waals surface area contributed by atoms with E-state index in [0.29, 0.717) is 10.0 Å². The van der Waals surface area contributed by atoms with E-state index in [1.165, 1.54) is 6.92 Å². The van der Waals surface area contributed by atoms with E-state index in [1.54, 1.807) is 0 Å². The molecule has 1 aromatic rings. The van der Waals surface area contributed by atoms with Gasteiger partial charge in [-0.25, -0.2) is 4.98 Å². The molecule has 1 rings (SSSR count). The number of hydrogen-bond acceptors (Lipinski definition) is 2. The van der Waals surface area contributed by atoms with Gasteiger partial charge in [0.25, 0.3) is 0 Å². The zero-order valence-electron chi connectivity index (χ0n) is 6.91. The number of nitrogen functional groups attached to an aromatic ring is 1. The van der Waals surface area contributed by atoms with E-state index in [0.717, 1.165) is 0 Å². The molecule has 0 aromatic carbocycles. The Hall–Kier alpha value is -0.300. The lowest BCUT2D eigenvalue weighted by Gasteiger charge is -2.12.